The molecular weight excluding hydrogens is 362 g/mol. The predicted octanol–water partition coefficient (Wildman–Crippen LogP) is 1.37. The van der Waals surface area contributed by atoms with Crippen LogP contribution in [0.1, 0.15) is 31.7 Å². The maximum atomic E-state index is 12.5. The summed E-state index contributed by atoms with van der Waals surface area (Å²) in [7, 11) is -3.13. The van der Waals surface area contributed by atoms with Gasteiger partial charge in [0.25, 0.3) is 0 Å². The van der Waals surface area contributed by atoms with Crippen molar-refractivity contribution in [3.8, 4) is 0 Å². The number of hydrogen-bond acceptors (Lipinski definition) is 5. The minimum Gasteiger partial charge on any atom is -0.390 e. The summed E-state index contributed by atoms with van der Waals surface area (Å²) < 4.78 is 26.6. The van der Waals surface area contributed by atoms with Crippen LogP contribution in [0.2, 0.25) is 0 Å². The van der Waals surface area contributed by atoms with Gasteiger partial charge < -0.3 is 5.11 Å². The van der Waals surface area contributed by atoms with Gasteiger partial charge in [-0.1, -0.05) is 50.1 Å². The Morgan fingerprint density at radius 3 is 2.41 bits per heavy atom. The summed E-state index contributed by atoms with van der Waals surface area (Å²) in [5, 5.41) is 10.5. The van der Waals surface area contributed by atoms with Crippen LogP contribution in [-0.4, -0.2) is 84.8 Å². The number of piperazine rings is 1. The molecule has 1 aromatic rings. The number of hydrogen-bond donors (Lipinski definition) is 1. The Morgan fingerprint density at radius 2 is 1.74 bits per heavy atom. The third-order valence-electron chi connectivity index (χ3n) is 5.73. The molecule has 1 N–H and O–H groups in total. The fourth-order valence-corrected chi connectivity index (χ4v) is 5.70. The lowest BCUT2D eigenvalue weighted by Crippen LogP contribution is -2.55. The van der Waals surface area contributed by atoms with Gasteiger partial charge in [0.15, 0.2) is 0 Å². The van der Waals surface area contributed by atoms with Crippen molar-refractivity contribution >= 4 is 10.0 Å². The van der Waals surface area contributed by atoms with E-state index in [9.17, 15) is 13.5 Å². The summed E-state index contributed by atoms with van der Waals surface area (Å²) in [6, 6.07) is 10.4. The highest BCUT2D eigenvalue weighted by Crippen LogP contribution is 2.21. The Kier molecular flexibility index (Phi) is 7.28. The molecule has 0 spiro atoms. The van der Waals surface area contributed by atoms with E-state index in [-0.39, 0.29) is 17.9 Å². The van der Waals surface area contributed by atoms with E-state index in [0.29, 0.717) is 32.7 Å². The number of nitrogens with zero attached hydrogens (tertiary/aromatic N) is 3. The monoisotopic (exact) mass is 395 g/mol. The molecule has 0 aliphatic carbocycles. The van der Waals surface area contributed by atoms with Crippen LogP contribution in [0.5, 0.6) is 0 Å². The third-order valence-corrected chi connectivity index (χ3v) is 7.68. The first-order valence-electron chi connectivity index (χ1n) is 10.2. The van der Waals surface area contributed by atoms with Crippen molar-refractivity contribution in [2.45, 2.75) is 44.9 Å². The first kappa shape index (κ1) is 20.7. The Morgan fingerprint density at radius 1 is 1.04 bits per heavy atom. The number of sulfonamides is 1. The van der Waals surface area contributed by atoms with Gasteiger partial charge in [-0.2, -0.15) is 4.31 Å². The molecular formula is C20H33N3O3S. The molecule has 6 nitrogen and oxygen atoms in total. The minimum absolute atomic E-state index is 0.0960. The van der Waals surface area contributed by atoms with E-state index in [4.69, 9.17) is 0 Å². The Labute approximate surface area is 163 Å². The molecule has 0 amide bonds. The normalized spacial score (nSPS) is 25.9. The molecule has 0 bridgehead atoms. The highest BCUT2D eigenvalue weighted by Gasteiger charge is 2.38. The van der Waals surface area contributed by atoms with Crippen LogP contribution in [0.3, 0.4) is 0 Å². The van der Waals surface area contributed by atoms with Gasteiger partial charge in [-0.15, -0.1) is 0 Å². The number of aliphatic hydroxyl groups is 1. The van der Waals surface area contributed by atoms with Crippen molar-refractivity contribution in [2.24, 2.45) is 0 Å². The average molecular weight is 396 g/mol. The summed E-state index contributed by atoms with van der Waals surface area (Å²) in [5.74, 6) is 0.262. The SMILES string of the molecule is CCCCCS(=O)(=O)N1CCN([C@H]2CN(Cc3ccccc3)C[C@@H]2O)CC1. The van der Waals surface area contributed by atoms with Crippen LogP contribution in [-0.2, 0) is 16.6 Å². The predicted molar refractivity (Wildman–Crippen MR) is 108 cm³/mol. The molecule has 1 aromatic carbocycles. The molecule has 2 aliphatic rings. The van der Waals surface area contributed by atoms with Crippen molar-refractivity contribution < 1.29 is 13.5 Å². The van der Waals surface area contributed by atoms with E-state index in [1.165, 1.54) is 5.56 Å². The quantitative estimate of drug-likeness (QED) is 0.674. The number of likely N-dealkylation sites (tertiary alicyclic amines) is 1. The molecule has 0 unspecified atom stereocenters. The molecule has 2 atom stereocenters. The fraction of sp³-hybridized carbons (Fsp3) is 0.700. The van der Waals surface area contributed by atoms with Gasteiger partial charge in [-0.05, 0) is 12.0 Å². The van der Waals surface area contributed by atoms with E-state index in [2.05, 4.69) is 28.9 Å². The molecule has 2 aliphatic heterocycles. The molecule has 2 heterocycles. The minimum atomic E-state index is -3.13. The smallest absolute Gasteiger partial charge is 0.214 e. The highest BCUT2D eigenvalue weighted by molar-refractivity contribution is 7.89. The topological polar surface area (TPSA) is 64.1 Å². The molecule has 3 rings (SSSR count). The summed E-state index contributed by atoms with van der Waals surface area (Å²) in [4.78, 5) is 4.56. The molecule has 0 saturated carbocycles. The van der Waals surface area contributed by atoms with E-state index >= 15 is 0 Å². The lowest BCUT2D eigenvalue weighted by atomic mass is 10.1. The van der Waals surface area contributed by atoms with Gasteiger partial charge in [-0.3, -0.25) is 9.80 Å². The van der Waals surface area contributed by atoms with Gasteiger partial charge in [0.1, 0.15) is 0 Å². The van der Waals surface area contributed by atoms with Crippen LogP contribution in [0.15, 0.2) is 30.3 Å². The fourth-order valence-electron chi connectivity index (χ4n) is 4.15. The summed E-state index contributed by atoms with van der Waals surface area (Å²) in [5.41, 5.74) is 1.26. The molecule has 152 valence electrons. The highest BCUT2D eigenvalue weighted by atomic mass is 32.2. The van der Waals surface area contributed by atoms with Gasteiger partial charge in [-0.25, -0.2) is 8.42 Å². The zero-order chi connectivity index (χ0) is 19.3. The number of β-amino-alcohol motifs (C(OH)–C–C–N with tert-alkyl or cyclic N) is 1. The van der Waals surface area contributed by atoms with Crippen LogP contribution in [0, 0.1) is 0 Å². The van der Waals surface area contributed by atoms with Gasteiger partial charge in [0, 0.05) is 51.9 Å². The molecule has 2 saturated heterocycles. The van der Waals surface area contributed by atoms with Crippen LogP contribution < -0.4 is 0 Å². The first-order chi connectivity index (χ1) is 13.0. The second-order valence-corrected chi connectivity index (χ2v) is 9.86. The summed E-state index contributed by atoms with van der Waals surface area (Å²) in [6.45, 7) is 6.92. The number of aliphatic hydroxyl groups excluding tert-OH is 1. The average Bonchev–Trinajstić information content (AvgIpc) is 3.03. The third kappa shape index (κ3) is 5.51. The van der Waals surface area contributed by atoms with Crippen LogP contribution >= 0.6 is 0 Å². The molecule has 2 fully saturated rings. The Hall–Kier alpha value is -0.990. The zero-order valence-electron chi connectivity index (χ0n) is 16.3. The Balaban J connectivity index is 1.49. The maximum absolute atomic E-state index is 12.5. The lowest BCUT2D eigenvalue weighted by molar-refractivity contribution is 0.0618. The Bertz CT molecular complexity index is 675. The van der Waals surface area contributed by atoms with Crippen molar-refractivity contribution in [1.29, 1.82) is 0 Å². The molecule has 0 aromatic heterocycles. The lowest BCUT2D eigenvalue weighted by Gasteiger charge is -2.38. The zero-order valence-corrected chi connectivity index (χ0v) is 17.1. The van der Waals surface area contributed by atoms with E-state index in [1.807, 2.05) is 18.2 Å². The number of benzene rings is 1. The van der Waals surface area contributed by atoms with Crippen molar-refractivity contribution in [2.75, 3.05) is 45.0 Å². The molecule has 7 heteroatoms. The summed E-state index contributed by atoms with van der Waals surface area (Å²) in [6.07, 6.45) is 2.36. The number of unbranched alkanes of at least 4 members (excludes halogenated alkanes) is 2. The van der Waals surface area contributed by atoms with Crippen molar-refractivity contribution in [3.63, 3.8) is 0 Å². The largest absolute Gasteiger partial charge is 0.390 e. The van der Waals surface area contributed by atoms with Crippen molar-refractivity contribution in [1.82, 2.24) is 14.1 Å². The van der Waals surface area contributed by atoms with E-state index < -0.39 is 10.0 Å². The van der Waals surface area contributed by atoms with Crippen LogP contribution in [0.4, 0.5) is 0 Å². The molecule has 27 heavy (non-hydrogen) atoms. The van der Waals surface area contributed by atoms with Crippen molar-refractivity contribution in [3.05, 3.63) is 35.9 Å². The second kappa shape index (κ2) is 9.47. The van der Waals surface area contributed by atoms with E-state index in [1.54, 1.807) is 4.31 Å². The first-order valence-corrected chi connectivity index (χ1v) is 11.8. The van der Waals surface area contributed by atoms with E-state index in [0.717, 1.165) is 32.4 Å². The van der Waals surface area contributed by atoms with Crippen LogP contribution in [0.25, 0.3) is 0 Å². The standard InChI is InChI=1S/C20H33N3O3S/c1-2-3-7-14-27(25,26)23-12-10-22(11-13-23)19-16-21(17-20(19)24)15-18-8-5-4-6-9-18/h4-6,8-9,19-20,24H,2-3,7,10-17H2,1H3/t19-,20-/m0/s1. The molecule has 0 radical (unpaired) electrons. The maximum Gasteiger partial charge on any atom is 0.214 e. The van der Waals surface area contributed by atoms with Gasteiger partial charge >= 0.3 is 0 Å². The summed E-state index contributed by atoms with van der Waals surface area (Å²) >= 11 is 0. The van der Waals surface area contributed by atoms with Gasteiger partial charge in [0.05, 0.1) is 11.9 Å². The number of rotatable bonds is 8. The second-order valence-electron chi connectivity index (χ2n) is 7.77. The van der Waals surface area contributed by atoms with Gasteiger partial charge in [0.2, 0.25) is 10.0 Å².